The average Bonchev–Trinajstić information content (AvgIpc) is 2.68. The van der Waals surface area contributed by atoms with Crippen molar-refractivity contribution in [2.45, 2.75) is 6.61 Å². The number of benzene rings is 2. The summed E-state index contributed by atoms with van der Waals surface area (Å²) >= 11 is 12.1. The number of aromatic nitrogens is 1. The van der Waals surface area contributed by atoms with Gasteiger partial charge in [0.15, 0.2) is 11.5 Å². The number of halogens is 2. The van der Waals surface area contributed by atoms with Gasteiger partial charge in [0.25, 0.3) is 0 Å². The Morgan fingerprint density at radius 1 is 1.07 bits per heavy atom. The highest BCUT2D eigenvalue weighted by Crippen LogP contribution is 2.29. The van der Waals surface area contributed by atoms with E-state index in [9.17, 15) is 0 Å². The summed E-state index contributed by atoms with van der Waals surface area (Å²) in [5.41, 5.74) is 4.56. The lowest BCUT2D eigenvalue weighted by atomic mass is 10.2. The average molecular weight is 402 g/mol. The van der Waals surface area contributed by atoms with Crippen LogP contribution in [0.25, 0.3) is 0 Å². The number of hydrazone groups is 1. The van der Waals surface area contributed by atoms with Gasteiger partial charge >= 0.3 is 0 Å². The van der Waals surface area contributed by atoms with Crippen molar-refractivity contribution in [1.82, 2.24) is 4.98 Å². The summed E-state index contributed by atoms with van der Waals surface area (Å²) in [6.45, 7) is 0.307. The SMILES string of the molecule is COc1cc(C=NNc2ccccn2)ccc1OCc1ccc(Cl)cc1Cl. The van der Waals surface area contributed by atoms with Gasteiger partial charge in [0.05, 0.1) is 13.3 Å². The molecule has 0 spiro atoms. The highest BCUT2D eigenvalue weighted by molar-refractivity contribution is 6.35. The number of nitrogens with zero attached hydrogens (tertiary/aromatic N) is 2. The zero-order chi connectivity index (χ0) is 19.1. The Bertz CT molecular complexity index is 934. The van der Waals surface area contributed by atoms with E-state index in [1.165, 1.54) is 0 Å². The lowest BCUT2D eigenvalue weighted by Gasteiger charge is -2.12. The van der Waals surface area contributed by atoms with E-state index in [4.69, 9.17) is 32.7 Å². The summed E-state index contributed by atoms with van der Waals surface area (Å²) in [5, 5.41) is 5.31. The number of pyridine rings is 1. The van der Waals surface area contributed by atoms with E-state index in [0.717, 1.165) is 11.1 Å². The van der Waals surface area contributed by atoms with Gasteiger partial charge < -0.3 is 9.47 Å². The van der Waals surface area contributed by atoms with Crippen LogP contribution in [-0.2, 0) is 6.61 Å². The van der Waals surface area contributed by atoms with Gasteiger partial charge in [-0.2, -0.15) is 5.10 Å². The Kier molecular flexibility index (Phi) is 6.52. The number of methoxy groups -OCH3 is 1. The van der Waals surface area contributed by atoms with Crippen molar-refractivity contribution in [3.05, 3.63) is 82.0 Å². The first kappa shape index (κ1) is 19.0. The predicted octanol–water partition coefficient (Wildman–Crippen LogP) is 5.42. The first-order valence-electron chi connectivity index (χ1n) is 8.10. The molecule has 0 fully saturated rings. The molecule has 0 saturated carbocycles. The molecule has 5 nitrogen and oxygen atoms in total. The van der Waals surface area contributed by atoms with E-state index in [1.807, 2.05) is 42.5 Å². The van der Waals surface area contributed by atoms with Crippen LogP contribution in [0.4, 0.5) is 5.82 Å². The topological polar surface area (TPSA) is 55.7 Å². The molecule has 0 amide bonds. The maximum Gasteiger partial charge on any atom is 0.161 e. The second-order valence-electron chi connectivity index (χ2n) is 5.52. The fraction of sp³-hybridized carbons (Fsp3) is 0.100. The molecule has 3 rings (SSSR count). The molecular weight excluding hydrogens is 385 g/mol. The Morgan fingerprint density at radius 2 is 1.96 bits per heavy atom. The molecule has 7 heteroatoms. The zero-order valence-electron chi connectivity index (χ0n) is 14.5. The van der Waals surface area contributed by atoms with Crippen molar-refractivity contribution in [2.24, 2.45) is 5.10 Å². The highest BCUT2D eigenvalue weighted by Gasteiger charge is 2.08. The number of nitrogens with one attached hydrogen (secondary N) is 1. The van der Waals surface area contributed by atoms with Crippen LogP contribution >= 0.6 is 23.2 Å². The number of hydrogen-bond acceptors (Lipinski definition) is 5. The summed E-state index contributed by atoms with van der Waals surface area (Å²) in [5.74, 6) is 1.88. The fourth-order valence-electron chi connectivity index (χ4n) is 2.28. The van der Waals surface area contributed by atoms with Crippen LogP contribution < -0.4 is 14.9 Å². The van der Waals surface area contributed by atoms with Gasteiger partial charge in [-0.05, 0) is 48.0 Å². The van der Waals surface area contributed by atoms with Crippen molar-refractivity contribution in [3.8, 4) is 11.5 Å². The molecule has 0 saturated heterocycles. The van der Waals surface area contributed by atoms with Gasteiger partial charge in [0, 0.05) is 21.8 Å². The molecule has 1 heterocycles. The Hall–Kier alpha value is -2.76. The van der Waals surface area contributed by atoms with Gasteiger partial charge in [-0.1, -0.05) is 35.3 Å². The molecule has 2 aromatic carbocycles. The first-order chi connectivity index (χ1) is 13.2. The Balaban J connectivity index is 1.66. The lowest BCUT2D eigenvalue weighted by Crippen LogP contribution is -1.99. The molecule has 0 aliphatic heterocycles. The molecule has 0 unspecified atom stereocenters. The molecule has 0 atom stereocenters. The first-order valence-corrected chi connectivity index (χ1v) is 8.86. The molecule has 3 aromatic rings. The molecule has 0 bridgehead atoms. The normalized spacial score (nSPS) is 10.8. The third-order valence-electron chi connectivity index (χ3n) is 3.64. The third-order valence-corrected chi connectivity index (χ3v) is 4.23. The quantitative estimate of drug-likeness (QED) is 0.424. The van der Waals surface area contributed by atoms with Crippen LogP contribution in [0.3, 0.4) is 0 Å². The van der Waals surface area contributed by atoms with Crippen molar-refractivity contribution in [2.75, 3.05) is 12.5 Å². The van der Waals surface area contributed by atoms with Gasteiger partial charge in [-0.3, -0.25) is 5.43 Å². The maximum absolute atomic E-state index is 6.18. The van der Waals surface area contributed by atoms with Crippen molar-refractivity contribution < 1.29 is 9.47 Å². The summed E-state index contributed by atoms with van der Waals surface area (Å²) in [7, 11) is 1.59. The van der Waals surface area contributed by atoms with Crippen molar-refractivity contribution in [1.29, 1.82) is 0 Å². The molecule has 1 aromatic heterocycles. The third kappa shape index (κ3) is 5.36. The van der Waals surface area contributed by atoms with E-state index < -0.39 is 0 Å². The van der Waals surface area contributed by atoms with Gasteiger partial charge in [-0.25, -0.2) is 4.98 Å². The van der Waals surface area contributed by atoms with Crippen LogP contribution in [0.15, 0.2) is 65.9 Å². The second kappa shape index (κ2) is 9.26. The van der Waals surface area contributed by atoms with Crippen LogP contribution in [0.1, 0.15) is 11.1 Å². The lowest BCUT2D eigenvalue weighted by molar-refractivity contribution is 0.284. The Labute approximate surface area is 167 Å². The standard InChI is InChI=1S/C20H17Cl2N3O2/c1-26-19-10-14(12-24-25-20-4-2-3-9-23-20)5-8-18(19)27-13-15-6-7-16(21)11-17(15)22/h2-12H,13H2,1H3,(H,23,25). The number of anilines is 1. The molecule has 138 valence electrons. The largest absolute Gasteiger partial charge is 0.493 e. The number of hydrogen-bond donors (Lipinski definition) is 1. The van der Waals surface area contributed by atoms with E-state index in [-0.39, 0.29) is 0 Å². The van der Waals surface area contributed by atoms with Gasteiger partial charge in [0.2, 0.25) is 0 Å². The van der Waals surface area contributed by atoms with Crippen LogP contribution in [0, 0.1) is 0 Å². The molecule has 1 N–H and O–H groups in total. The second-order valence-corrected chi connectivity index (χ2v) is 6.36. The summed E-state index contributed by atoms with van der Waals surface area (Å²) in [6.07, 6.45) is 3.37. The highest BCUT2D eigenvalue weighted by atomic mass is 35.5. The molecule has 27 heavy (non-hydrogen) atoms. The number of ether oxygens (including phenoxy) is 2. The number of rotatable bonds is 7. The van der Waals surface area contributed by atoms with Crippen LogP contribution in [-0.4, -0.2) is 18.3 Å². The van der Waals surface area contributed by atoms with E-state index in [2.05, 4.69) is 15.5 Å². The van der Waals surface area contributed by atoms with Crippen molar-refractivity contribution >= 4 is 35.2 Å². The van der Waals surface area contributed by atoms with Crippen molar-refractivity contribution in [3.63, 3.8) is 0 Å². The van der Waals surface area contributed by atoms with E-state index in [1.54, 1.807) is 31.7 Å². The van der Waals surface area contributed by atoms with E-state index >= 15 is 0 Å². The molecule has 0 aliphatic carbocycles. The van der Waals surface area contributed by atoms with Crippen LogP contribution in [0.5, 0.6) is 11.5 Å². The molecular formula is C20H17Cl2N3O2. The monoisotopic (exact) mass is 401 g/mol. The zero-order valence-corrected chi connectivity index (χ0v) is 16.0. The minimum atomic E-state index is 0.307. The van der Waals surface area contributed by atoms with Crippen LogP contribution in [0.2, 0.25) is 10.0 Å². The maximum atomic E-state index is 6.18. The summed E-state index contributed by atoms with van der Waals surface area (Å²) in [6, 6.07) is 16.4. The van der Waals surface area contributed by atoms with Gasteiger partial charge in [0.1, 0.15) is 12.4 Å². The Morgan fingerprint density at radius 3 is 2.70 bits per heavy atom. The minimum absolute atomic E-state index is 0.307. The summed E-state index contributed by atoms with van der Waals surface area (Å²) < 4.78 is 11.3. The van der Waals surface area contributed by atoms with Gasteiger partial charge in [-0.15, -0.1) is 0 Å². The molecule has 0 radical (unpaired) electrons. The smallest absolute Gasteiger partial charge is 0.161 e. The van der Waals surface area contributed by atoms with E-state index in [0.29, 0.717) is 34.0 Å². The summed E-state index contributed by atoms with van der Waals surface area (Å²) in [4.78, 5) is 4.13. The fourth-order valence-corrected chi connectivity index (χ4v) is 2.74. The minimum Gasteiger partial charge on any atom is -0.493 e. The molecule has 0 aliphatic rings. The predicted molar refractivity (Wildman–Crippen MR) is 109 cm³/mol.